The van der Waals surface area contributed by atoms with E-state index in [9.17, 15) is 13.2 Å². The molecule has 1 atom stereocenters. The van der Waals surface area contributed by atoms with Crippen LogP contribution >= 0.6 is 24.8 Å². The lowest BCUT2D eigenvalue weighted by Gasteiger charge is -2.33. The summed E-state index contributed by atoms with van der Waals surface area (Å²) in [5, 5.41) is 3.24. The maximum absolute atomic E-state index is 12.6. The van der Waals surface area contributed by atoms with Gasteiger partial charge in [0.05, 0.1) is 5.56 Å². The smallest absolute Gasteiger partial charge is 0.314 e. The van der Waals surface area contributed by atoms with Gasteiger partial charge in [0, 0.05) is 32.2 Å². The number of hydrogen-bond acceptors (Lipinski definition) is 2. The van der Waals surface area contributed by atoms with Gasteiger partial charge in [-0.25, -0.2) is 0 Å². The highest BCUT2D eigenvalue weighted by molar-refractivity contribution is 5.85. The van der Waals surface area contributed by atoms with Gasteiger partial charge in [-0.2, -0.15) is 13.2 Å². The maximum atomic E-state index is 12.6. The highest BCUT2D eigenvalue weighted by Crippen LogP contribution is 2.31. The molecule has 0 aromatic heterocycles. The van der Waals surface area contributed by atoms with Crippen LogP contribution in [0.4, 0.5) is 13.2 Å². The highest BCUT2D eigenvalue weighted by Gasteiger charge is 2.31. The van der Waals surface area contributed by atoms with Crippen LogP contribution in [0.15, 0.2) is 24.3 Å². The van der Waals surface area contributed by atoms with Gasteiger partial charge in [0.25, 0.3) is 0 Å². The van der Waals surface area contributed by atoms with Gasteiger partial charge < -0.3 is 5.32 Å². The van der Waals surface area contributed by atoms with Crippen LogP contribution in [0.5, 0.6) is 0 Å². The minimum atomic E-state index is -4.26. The van der Waals surface area contributed by atoms with Crippen molar-refractivity contribution in [3.63, 3.8) is 0 Å². The van der Waals surface area contributed by atoms with Gasteiger partial charge in [-0.3, -0.25) is 4.90 Å². The molecule has 0 radical (unpaired) electrons. The Morgan fingerprint density at radius 3 is 2.30 bits per heavy atom. The molecule has 1 unspecified atom stereocenters. The summed E-state index contributed by atoms with van der Waals surface area (Å²) in [4.78, 5) is 2.20. The van der Waals surface area contributed by atoms with E-state index in [1.807, 2.05) is 6.92 Å². The number of hydrogen-bond donors (Lipinski definition) is 1. The first-order valence-electron chi connectivity index (χ1n) is 6.10. The van der Waals surface area contributed by atoms with Crippen molar-refractivity contribution in [1.29, 1.82) is 0 Å². The standard InChI is InChI=1S/C13H17F3N2.2ClH/c1-10(18-7-5-17-6-8-18)11-3-2-4-12(9-11)13(14,15)16;;/h2-4,9-10,17H,5-8H2,1H3;2*1H. The molecule has 0 aliphatic carbocycles. The summed E-state index contributed by atoms with van der Waals surface area (Å²) >= 11 is 0. The highest BCUT2D eigenvalue weighted by atomic mass is 35.5. The molecule has 2 nitrogen and oxygen atoms in total. The Morgan fingerprint density at radius 1 is 1.15 bits per heavy atom. The molecule has 0 saturated carbocycles. The molecule has 1 N–H and O–H groups in total. The molecule has 7 heteroatoms. The Bertz CT molecular complexity index is 407. The van der Waals surface area contributed by atoms with Gasteiger partial charge in [-0.15, -0.1) is 24.8 Å². The van der Waals surface area contributed by atoms with Crippen molar-refractivity contribution >= 4 is 24.8 Å². The SMILES string of the molecule is CC(c1cccc(C(F)(F)F)c1)N1CCNCC1.Cl.Cl. The summed E-state index contributed by atoms with van der Waals surface area (Å²) in [6.45, 7) is 5.49. The van der Waals surface area contributed by atoms with Gasteiger partial charge in [0.1, 0.15) is 0 Å². The number of benzene rings is 1. The van der Waals surface area contributed by atoms with E-state index in [2.05, 4.69) is 10.2 Å². The lowest BCUT2D eigenvalue weighted by atomic mass is 10.0. The second-order valence-corrected chi connectivity index (χ2v) is 4.59. The zero-order valence-electron chi connectivity index (χ0n) is 11.1. The normalized spacial score (nSPS) is 17.8. The molecule has 116 valence electrons. The first-order valence-corrected chi connectivity index (χ1v) is 6.10. The molecule has 0 amide bonds. The average molecular weight is 331 g/mol. The topological polar surface area (TPSA) is 15.3 Å². The van der Waals surface area contributed by atoms with E-state index in [4.69, 9.17) is 0 Å². The molecule has 1 heterocycles. The van der Waals surface area contributed by atoms with Gasteiger partial charge in [-0.05, 0) is 24.6 Å². The van der Waals surface area contributed by atoms with Crippen LogP contribution in [0.3, 0.4) is 0 Å². The molecule has 1 aliphatic rings. The number of halogens is 5. The fourth-order valence-corrected chi connectivity index (χ4v) is 2.26. The summed E-state index contributed by atoms with van der Waals surface area (Å²) in [7, 11) is 0. The molecule has 2 rings (SSSR count). The molecular formula is C13H19Cl2F3N2. The van der Waals surface area contributed by atoms with Crippen LogP contribution in [0.25, 0.3) is 0 Å². The number of nitrogens with one attached hydrogen (secondary N) is 1. The van der Waals surface area contributed by atoms with Crippen molar-refractivity contribution in [2.24, 2.45) is 0 Å². The van der Waals surface area contributed by atoms with Crippen molar-refractivity contribution in [2.75, 3.05) is 26.2 Å². The Hall–Kier alpha value is -0.490. The van der Waals surface area contributed by atoms with Gasteiger partial charge >= 0.3 is 6.18 Å². The van der Waals surface area contributed by atoms with Crippen LogP contribution in [0.1, 0.15) is 24.1 Å². The van der Waals surface area contributed by atoms with E-state index < -0.39 is 11.7 Å². The van der Waals surface area contributed by atoms with E-state index in [1.165, 1.54) is 12.1 Å². The van der Waals surface area contributed by atoms with Crippen molar-refractivity contribution in [3.05, 3.63) is 35.4 Å². The summed E-state index contributed by atoms with van der Waals surface area (Å²) in [6.07, 6.45) is -4.26. The summed E-state index contributed by atoms with van der Waals surface area (Å²) in [5.74, 6) is 0. The van der Waals surface area contributed by atoms with E-state index in [-0.39, 0.29) is 30.9 Å². The zero-order chi connectivity index (χ0) is 13.2. The summed E-state index contributed by atoms with van der Waals surface area (Å²) < 4.78 is 37.9. The third-order valence-electron chi connectivity index (χ3n) is 3.40. The number of alkyl halides is 3. The number of nitrogens with zero attached hydrogens (tertiary/aromatic N) is 1. The Morgan fingerprint density at radius 2 is 1.75 bits per heavy atom. The van der Waals surface area contributed by atoms with E-state index in [0.29, 0.717) is 0 Å². The minimum Gasteiger partial charge on any atom is -0.314 e. The number of piperazine rings is 1. The fourth-order valence-electron chi connectivity index (χ4n) is 2.26. The molecular weight excluding hydrogens is 312 g/mol. The minimum absolute atomic E-state index is 0. The quantitative estimate of drug-likeness (QED) is 0.892. The predicted molar refractivity (Wildman–Crippen MR) is 78.8 cm³/mol. The third-order valence-corrected chi connectivity index (χ3v) is 3.40. The molecule has 1 aromatic carbocycles. The van der Waals surface area contributed by atoms with Crippen LogP contribution < -0.4 is 5.32 Å². The predicted octanol–water partition coefficient (Wildman–Crippen LogP) is 3.52. The lowest BCUT2D eigenvalue weighted by Crippen LogP contribution is -2.44. The molecule has 1 aromatic rings. The lowest BCUT2D eigenvalue weighted by molar-refractivity contribution is -0.137. The molecule has 1 saturated heterocycles. The average Bonchev–Trinajstić information content (AvgIpc) is 2.38. The maximum Gasteiger partial charge on any atom is 0.416 e. The Labute approximate surface area is 129 Å². The van der Waals surface area contributed by atoms with Gasteiger partial charge in [0.2, 0.25) is 0 Å². The van der Waals surface area contributed by atoms with Crippen LogP contribution in [-0.2, 0) is 6.18 Å². The molecule has 20 heavy (non-hydrogen) atoms. The second kappa shape index (κ2) is 8.08. The first-order chi connectivity index (χ1) is 8.48. The first kappa shape index (κ1) is 19.5. The van der Waals surface area contributed by atoms with E-state index >= 15 is 0 Å². The zero-order valence-corrected chi connectivity index (χ0v) is 12.7. The van der Waals surface area contributed by atoms with Crippen molar-refractivity contribution < 1.29 is 13.2 Å². The fraction of sp³-hybridized carbons (Fsp3) is 0.538. The van der Waals surface area contributed by atoms with Crippen molar-refractivity contribution in [3.8, 4) is 0 Å². The van der Waals surface area contributed by atoms with Crippen LogP contribution in [-0.4, -0.2) is 31.1 Å². The molecule has 1 aliphatic heterocycles. The van der Waals surface area contributed by atoms with Crippen LogP contribution in [0.2, 0.25) is 0 Å². The van der Waals surface area contributed by atoms with Gasteiger partial charge in [0.15, 0.2) is 0 Å². The Balaban J connectivity index is 0.00000180. The van der Waals surface area contributed by atoms with Crippen LogP contribution in [0, 0.1) is 0 Å². The second-order valence-electron chi connectivity index (χ2n) is 4.59. The summed E-state index contributed by atoms with van der Waals surface area (Å²) in [5.41, 5.74) is 0.161. The van der Waals surface area contributed by atoms with Gasteiger partial charge in [-0.1, -0.05) is 12.1 Å². The van der Waals surface area contributed by atoms with E-state index in [1.54, 1.807) is 6.07 Å². The largest absolute Gasteiger partial charge is 0.416 e. The monoisotopic (exact) mass is 330 g/mol. The van der Waals surface area contributed by atoms with E-state index in [0.717, 1.165) is 37.8 Å². The Kier molecular flexibility index (Phi) is 7.88. The van der Waals surface area contributed by atoms with Crippen molar-refractivity contribution in [2.45, 2.75) is 19.1 Å². The third kappa shape index (κ3) is 4.81. The molecule has 1 fully saturated rings. The summed E-state index contributed by atoms with van der Waals surface area (Å²) in [6, 6.07) is 5.65. The van der Waals surface area contributed by atoms with Crippen molar-refractivity contribution in [1.82, 2.24) is 10.2 Å². The number of rotatable bonds is 2. The molecule has 0 bridgehead atoms. The molecule has 0 spiro atoms.